The third-order valence-corrected chi connectivity index (χ3v) is 5.79. The molecule has 1 fully saturated rings. The van der Waals surface area contributed by atoms with E-state index in [1.165, 1.54) is 11.8 Å². The van der Waals surface area contributed by atoms with Crippen LogP contribution in [0.1, 0.15) is 12.5 Å². The predicted molar refractivity (Wildman–Crippen MR) is 132 cm³/mol. The Labute approximate surface area is 195 Å². The van der Waals surface area contributed by atoms with Gasteiger partial charge in [0, 0.05) is 11.1 Å². The van der Waals surface area contributed by atoms with Crippen LogP contribution in [0.3, 0.4) is 0 Å². The summed E-state index contributed by atoms with van der Waals surface area (Å²) in [5.41, 5.74) is 1.50. The number of benzene rings is 3. The molecule has 0 bridgehead atoms. The van der Waals surface area contributed by atoms with Crippen molar-refractivity contribution in [1.82, 2.24) is 5.32 Å². The highest BCUT2D eigenvalue weighted by Crippen LogP contribution is 2.32. The van der Waals surface area contributed by atoms with Gasteiger partial charge in [-0.05, 0) is 42.1 Å². The van der Waals surface area contributed by atoms with Crippen LogP contribution >= 0.6 is 24.0 Å². The van der Waals surface area contributed by atoms with Crippen molar-refractivity contribution in [2.75, 3.05) is 18.5 Å². The van der Waals surface area contributed by atoms with Crippen LogP contribution in [-0.4, -0.2) is 29.3 Å². The van der Waals surface area contributed by atoms with Crippen LogP contribution in [0.15, 0.2) is 65.6 Å². The number of hydrogen-bond donors (Lipinski definition) is 2. The lowest BCUT2D eigenvalue weighted by Gasteiger charge is -2.13. The number of ether oxygens (including phenoxy) is 2. The first-order valence-electron chi connectivity index (χ1n) is 9.95. The molecule has 3 aromatic rings. The van der Waals surface area contributed by atoms with E-state index in [0.29, 0.717) is 27.3 Å². The number of thiocarbonyl (C=S) groups is 1. The fraction of sp³-hybridized carbons (Fsp3) is 0.125. The lowest BCUT2D eigenvalue weighted by atomic mass is 10.1. The largest absolute Gasteiger partial charge is 0.490 e. The molecule has 2 N–H and O–H groups in total. The van der Waals surface area contributed by atoms with Gasteiger partial charge >= 0.3 is 0 Å². The molecule has 1 aliphatic rings. The molecule has 8 heteroatoms. The SMILES string of the molecule is CCOc1cc(/C=C2\SC(=S)NC2=O)ccc1OCC(=O)Nc1cccc2ccccc12. The van der Waals surface area contributed by atoms with E-state index in [-0.39, 0.29) is 18.4 Å². The average Bonchev–Trinajstić information content (AvgIpc) is 3.10. The van der Waals surface area contributed by atoms with Crippen molar-refractivity contribution in [3.8, 4) is 11.5 Å². The fourth-order valence-corrected chi connectivity index (χ4v) is 4.28. The number of carbonyl (C=O) groups excluding carboxylic acids is 2. The summed E-state index contributed by atoms with van der Waals surface area (Å²) in [6.07, 6.45) is 1.73. The number of carbonyl (C=O) groups is 2. The molecule has 162 valence electrons. The van der Waals surface area contributed by atoms with E-state index in [1.807, 2.05) is 49.4 Å². The van der Waals surface area contributed by atoms with Crippen molar-refractivity contribution in [3.63, 3.8) is 0 Å². The molecular formula is C24H20N2O4S2. The normalized spacial score (nSPS) is 14.5. The first-order chi connectivity index (χ1) is 15.5. The Balaban J connectivity index is 1.46. The molecule has 4 rings (SSSR count). The first kappa shape index (κ1) is 21.9. The van der Waals surface area contributed by atoms with E-state index in [4.69, 9.17) is 21.7 Å². The van der Waals surface area contributed by atoms with Gasteiger partial charge in [-0.25, -0.2) is 0 Å². The molecule has 0 radical (unpaired) electrons. The zero-order valence-corrected chi connectivity index (χ0v) is 18.8. The Kier molecular flexibility index (Phi) is 6.72. The van der Waals surface area contributed by atoms with Crippen LogP contribution in [0.4, 0.5) is 5.69 Å². The third-order valence-electron chi connectivity index (χ3n) is 4.63. The molecule has 1 saturated heterocycles. The van der Waals surface area contributed by atoms with Crippen molar-refractivity contribution < 1.29 is 19.1 Å². The third kappa shape index (κ3) is 5.09. The molecule has 1 aliphatic heterocycles. The molecule has 3 aromatic carbocycles. The van der Waals surface area contributed by atoms with E-state index >= 15 is 0 Å². The number of anilines is 1. The Hall–Kier alpha value is -3.36. The maximum Gasteiger partial charge on any atom is 0.263 e. The molecular weight excluding hydrogens is 444 g/mol. The van der Waals surface area contributed by atoms with Crippen molar-refractivity contribution in [2.24, 2.45) is 0 Å². The number of rotatable bonds is 7. The minimum Gasteiger partial charge on any atom is -0.490 e. The molecule has 0 unspecified atom stereocenters. The Morgan fingerprint density at radius 2 is 1.91 bits per heavy atom. The van der Waals surface area contributed by atoms with Gasteiger partial charge in [-0.2, -0.15) is 0 Å². The first-order valence-corrected chi connectivity index (χ1v) is 11.2. The summed E-state index contributed by atoms with van der Waals surface area (Å²) in [5, 5.41) is 7.50. The second-order valence-corrected chi connectivity index (χ2v) is 8.57. The summed E-state index contributed by atoms with van der Waals surface area (Å²) in [6, 6.07) is 18.9. The van der Waals surface area contributed by atoms with Crippen LogP contribution in [-0.2, 0) is 9.59 Å². The number of thioether (sulfide) groups is 1. The minimum atomic E-state index is -0.275. The Morgan fingerprint density at radius 3 is 2.69 bits per heavy atom. The Morgan fingerprint density at radius 1 is 1.09 bits per heavy atom. The highest BCUT2D eigenvalue weighted by Gasteiger charge is 2.22. The van der Waals surface area contributed by atoms with Crippen molar-refractivity contribution >= 4 is 62.7 Å². The average molecular weight is 465 g/mol. The van der Waals surface area contributed by atoms with Crippen molar-refractivity contribution in [1.29, 1.82) is 0 Å². The minimum absolute atomic E-state index is 0.170. The van der Waals surface area contributed by atoms with Gasteiger partial charge in [-0.1, -0.05) is 66.4 Å². The second kappa shape index (κ2) is 9.84. The number of nitrogens with one attached hydrogen (secondary N) is 2. The van der Waals surface area contributed by atoms with Gasteiger partial charge in [0.05, 0.1) is 11.5 Å². The topological polar surface area (TPSA) is 76.7 Å². The molecule has 0 spiro atoms. The predicted octanol–water partition coefficient (Wildman–Crippen LogP) is 4.74. The summed E-state index contributed by atoms with van der Waals surface area (Å²) in [4.78, 5) is 24.9. The molecule has 32 heavy (non-hydrogen) atoms. The molecule has 6 nitrogen and oxygen atoms in total. The number of hydrogen-bond acceptors (Lipinski definition) is 6. The summed E-state index contributed by atoms with van der Waals surface area (Å²) in [5.74, 6) is 0.442. The quantitative estimate of drug-likeness (QED) is 0.388. The summed E-state index contributed by atoms with van der Waals surface area (Å²) in [7, 11) is 0. The van der Waals surface area contributed by atoms with Gasteiger partial charge in [0.25, 0.3) is 11.8 Å². The monoisotopic (exact) mass is 464 g/mol. The van der Waals surface area contributed by atoms with Gasteiger partial charge in [0.2, 0.25) is 0 Å². The maximum absolute atomic E-state index is 12.5. The zero-order chi connectivity index (χ0) is 22.5. The van der Waals surface area contributed by atoms with Gasteiger partial charge in [-0.15, -0.1) is 0 Å². The van der Waals surface area contributed by atoms with Crippen LogP contribution in [0.2, 0.25) is 0 Å². The lowest BCUT2D eigenvalue weighted by molar-refractivity contribution is -0.118. The Bertz CT molecular complexity index is 1230. The van der Waals surface area contributed by atoms with E-state index in [2.05, 4.69) is 10.6 Å². The molecule has 0 aromatic heterocycles. The summed E-state index contributed by atoms with van der Waals surface area (Å²) in [6.45, 7) is 2.12. The van der Waals surface area contributed by atoms with E-state index in [0.717, 1.165) is 22.0 Å². The highest BCUT2D eigenvalue weighted by molar-refractivity contribution is 8.26. The number of fused-ring (bicyclic) bond motifs is 1. The van der Waals surface area contributed by atoms with Crippen LogP contribution in [0.5, 0.6) is 11.5 Å². The lowest BCUT2D eigenvalue weighted by Crippen LogP contribution is -2.20. The molecule has 0 atom stereocenters. The highest BCUT2D eigenvalue weighted by atomic mass is 32.2. The number of amides is 2. The summed E-state index contributed by atoms with van der Waals surface area (Å²) < 4.78 is 11.8. The van der Waals surface area contributed by atoms with Gasteiger partial charge in [-0.3, -0.25) is 9.59 Å². The standard InChI is InChI=1S/C24H20N2O4S2/c1-2-29-20-12-15(13-21-23(28)26-24(31)32-21)10-11-19(20)30-14-22(27)25-18-9-5-7-16-6-3-4-8-17(16)18/h3-13H,2,14H2,1H3,(H,25,27)(H,26,28,31)/b21-13-. The van der Waals surface area contributed by atoms with Crippen LogP contribution in [0, 0.1) is 0 Å². The fourth-order valence-electron chi connectivity index (χ4n) is 3.24. The van der Waals surface area contributed by atoms with E-state index < -0.39 is 0 Å². The van der Waals surface area contributed by atoms with Crippen molar-refractivity contribution in [2.45, 2.75) is 6.92 Å². The van der Waals surface area contributed by atoms with Gasteiger partial charge in [0.1, 0.15) is 4.32 Å². The van der Waals surface area contributed by atoms with Gasteiger partial charge < -0.3 is 20.1 Å². The second-order valence-electron chi connectivity index (χ2n) is 6.85. The van der Waals surface area contributed by atoms with Crippen molar-refractivity contribution in [3.05, 3.63) is 71.1 Å². The zero-order valence-electron chi connectivity index (χ0n) is 17.2. The molecule has 1 heterocycles. The smallest absolute Gasteiger partial charge is 0.263 e. The van der Waals surface area contributed by atoms with E-state index in [9.17, 15) is 9.59 Å². The van der Waals surface area contributed by atoms with E-state index in [1.54, 1.807) is 24.3 Å². The molecule has 2 amide bonds. The van der Waals surface area contributed by atoms with Crippen LogP contribution < -0.4 is 20.1 Å². The molecule has 0 aliphatic carbocycles. The van der Waals surface area contributed by atoms with Gasteiger partial charge in [0.15, 0.2) is 18.1 Å². The maximum atomic E-state index is 12.5. The van der Waals surface area contributed by atoms with Crippen LogP contribution in [0.25, 0.3) is 16.8 Å². The molecule has 0 saturated carbocycles. The summed E-state index contributed by atoms with van der Waals surface area (Å²) >= 11 is 6.23.